The molecule has 2 heterocycles. The summed E-state index contributed by atoms with van der Waals surface area (Å²) >= 11 is 1.43. The fraction of sp³-hybridized carbons (Fsp3) is 0.318. The number of carbonyl (C=O) groups excluding carboxylic acids is 2. The summed E-state index contributed by atoms with van der Waals surface area (Å²) in [4.78, 5) is 30.9. The average Bonchev–Trinajstić information content (AvgIpc) is 3.11. The van der Waals surface area contributed by atoms with Crippen molar-refractivity contribution < 1.29 is 14.3 Å². The van der Waals surface area contributed by atoms with Crippen LogP contribution < -0.4 is 15.0 Å². The highest BCUT2D eigenvalue weighted by molar-refractivity contribution is 7.22. The number of nitrogens with zero attached hydrogens (tertiary/aromatic N) is 2. The number of aryl methyl sites for hydroxylation is 1. The fourth-order valence-corrected chi connectivity index (χ4v) is 4.45. The minimum absolute atomic E-state index is 0.0909. The molecule has 0 atom stereocenters. The Labute approximate surface area is 173 Å². The van der Waals surface area contributed by atoms with Crippen LogP contribution in [0.5, 0.6) is 5.75 Å². The summed E-state index contributed by atoms with van der Waals surface area (Å²) in [7, 11) is 0. The van der Waals surface area contributed by atoms with Crippen LogP contribution >= 0.6 is 11.3 Å². The number of benzene rings is 2. The second-order valence-electron chi connectivity index (χ2n) is 6.91. The summed E-state index contributed by atoms with van der Waals surface area (Å²) in [6, 6.07) is 13.7. The largest absolute Gasteiger partial charge is 0.494 e. The average molecular weight is 410 g/mol. The molecule has 0 saturated heterocycles. The van der Waals surface area contributed by atoms with Gasteiger partial charge >= 0.3 is 0 Å². The summed E-state index contributed by atoms with van der Waals surface area (Å²) in [5.74, 6) is 0.834. The van der Waals surface area contributed by atoms with Crippen LogP contribution in [0, 0.1) is 0 Å². The highest BCUT2D eigenvalue weighted by atomic mass is 32.1. The van der Waals surface area contributed by atoms with Crippen LogP contribution in [0.2, 0.25) is 0 Å². The van der Waals surface area contributed by atoms with Gasteiger partial charge in [0.05, 0.1) is 16.8 Å². The predicted molar refractivity (Wildman–Crippen MR) is 116 cm³/mol. The molecule has 0 radical (unpaired) electrons. The maximum absolute atomic E-state index is 12.4. The van der Waals surface area contributed by atoms with Gasteiger partial charge in [0.25, 0.3) is 0 Å². The van der Waals surface area contributed by atoms with Crippen LogP contribution in [0.3, 0.4) is 0 Å². The molecule has 6 nitrogen and oxygen atoms in total. The molecule has 1 aromatic heterocycles. The Morgan fingerprint density at radius 2 is 2.10 bits per heavy atom. The quantitative estimate of drug-likeness (QED) is 0.628. The number of aromatic nitrogens is 1. The summed E-state index contributed by atoms with van der Waals surface area (Å²) in [5.41, 5.74) is 3.00. The number of carbonyl (C=O) groups is 2. The van der Waals surface area contributed by atoms with Crippen molar-refractivity contribution in [1.29, 1.82) is 0 Å². The van der Waals surface area contributed by atoms with Crippen LogP contribution in [0.25, 0.3) is 10.2 Å². The predicted octanol–water partition coefficient (Wildman–Crippen LogP) is 4.39. The molecular formula is C22H23N3O3S. The van der Waals surface area contributed by atoms with Gasteiger partial charge < -0.3 is 15.0 Å². The summed E-state index contributed by atoms with van der Waals surface area (Å²) in [6.07, 6.45) is 2.25. The number of hydrogen-bond acceptors (Lipinski definition) is 5. The maximum atomic E-state index is 12.4. The SMILES string of the molecule is CCOc1ccc2nc(NC(=O)CCCN3C(=O)CCc4ccccc43)sc2c1. The van der Waals surface area contributed by atoms with E-state index in [2.05, 4.69) is 16.4 Å². The number of thiazole rings is 1. The van der Waals surface area contributed by atoms with E-state index in [0.717, 1.165) is 28.1 Å². The minimum atomic E-state index is -0.0909. The van der Waals surface area contributed by atoms with Crippen LogP contribution in [-0.4, -0.2) is 29.9 Å². The summed E-state index contributed by atoms with van der Waals surface area (Å²) in [5, 5.41) is 3.46. The van der Waals surface area contributed by atoms with Gasteiger partial charge in [-0.25, -0.2) is 4.98 Å². The molecule has 2 aromatic carbocycles. The number of rotatable bonds is 7. The van der Waals surface area contributed by atoms with E-state index in [4.69, 9.17) is 4.74 Å². The zero-order valence-corrected chi connectivity index (χ0v) is 17.1. The monoisotopic (exact) mass is 409 g/mol. The second-order valence-corrected chi connectivity index (χ2v) is 7.94. The highest BCUT2D eigenvalue weighted by Gasteiger charge is 2.23. The first-order chi connectivity index (χ1) is 14.1. The normalized spacial score (nSPS) is 13.4. The fourth-order valence-electron chi connectivity index (χ4n) is 3.54. The van der Waals surface area contributed by atoms with E-state index >= 15 is 0 Å². The lowest BCUT2D eigenvalue weighted by molar-refractivity contribution is -0.119. The topological polar surface area (TPSA) is 71.5 Å². The number of ether oxygens (including phenoxy) is 1. The zero-order chi connectivity index (χ0) is 20.2. The number of nitrogens with one attached hydrogen (secondary N) is 1. The van der Waals surface area contributed by atoms with Gasteiger partial charge in [0, 0.05) is 25.1 Å². The molecule has 1 aliphatic rings. The van der Waals surface area contributed by atoms with Crippen LogP contribution in [0.15, 0.2) is 42.5 Å². The Hall–Kier alpha value is -2.93. The summed E-state index contributed by atoms with van der Waals surface area (Å²) in [6.45, 7) is 3.09. The molecule has 1 N–H and O–H groups in total. The van der Waals surface area contributed by atoms with E-state index in [0.29, 0.717) is 37.5 Å². The lowest BCUT2D eigenvalue weighted by Gasteiger charge is -2.29. The van der Waals surface area contributed by atoms with E-state index in [1.165, 1.54) is 16.9 Å². The molecule has 29 heavy (non-hydrogen) atoms. The first kappa shape index (κ1) is 19.4. The van der Waals surface area contributed by atoms with Gasteiger partial charge in [-0.3, -0.25) is 9.59 Å². The molecule has 7 heteroatoms. The third kappa shape index (κ3) is 4.40. The third-order valence-corrected chi connectivity index (χ3v) is 5.83. The van der Waals surface area contributed by atoms with Gasteiger partial charge in [-0.05, 0) is 49.6 Å². The van der Waals surface area contributed by atoms with Crippen molar-refractivity contribution in [2.24, 2.45) is 0 Å². The van der Waals surface area contributed by atoms with Crippen LogP contribution in [0.4, 0.5) is 10.8 Å². The Kier molecular flexibility index (Phi) is 5.76. The molecule has 2 amide bonds. The third-order valence-electron chi connectivity index (χ3n) is 4.89. The van der Waals surface area contributed by atoms with Gasteiger partial charge in [0.15, 0.2) is 5.13 Å². The lowest BCUT2D eigenvalue weighted by Crippen LogP contribution is -2.36. The van der Waals surface area contributed by atoms with Crippen molar-refractivity contribution in [2.75, 3.05) is 23.4 Å². The Balaban J connectivity index is 1.34. The number of anilines is 2. The number of fused-ring (bicyclic) bond motifs is 2. The smallest absolute Gasteiger partial charge is 0.227 e. The first-order valence-electron chi connectivity index (χ1n) is 9.85. The lowest BCUT2D eigenvalue weighted by atomic mass is 10.0. The van der Waals surface area contributed by atoms with Crippen molar-refractivity contribution in [3.05, 3.63) is 48.0 Å². The molecule has 0 fully saturated rings. The van der Waals surface area contributed by atoms with Gasteiger partial charge in [0.1, 0.15) is 5.75 Å². The van der Waals surface area contributed by atoms with Crippen molar-refractivity contribution >= 4 is 44.2 Å². The van der Waals surface area contributed by atoms with Crippen LogP contribution in [0.1, 0.15) is 31.7 Å². The Morgan fingerprint density at radius 1 is 1.24 bits per heavy atom. The number of amides is 2. The molecule has 0 spiro atoms. The zero-order valence-electron chi connectivity index (χ0n) is 16.3. The molecule has 0 bridgehead atoms. The molecule has 3 aromatic rings. The van der Waals surface area contributed by atoms with E-state index < -0.39 is 0 Å². The Bertz CT molecular complexity index is 1050. The molecule has 150 valence electrons. The van der Waals surface area contributed by atoms with Crippen molar-refractivity contribution in [3.8, 4) is 5.75 Å². The van der Waals surface area contributed by atoms with Gasteiger partial charge in [0.2, 0.25) is 11.8 Å². The number of para-hydroxylation sites is 1. The molecule has 0 unspecified atom stereocenters. The standard InChI is InChI=1S/C22H23N3O3S/c1-2-28-16-10-11-17-19(14-16)29-22(23-17)24-20(26)8-5-13-25-18-7-4-3-6-15(18)9-12-21(25)27/h3-4,6-7,10-11,14H,2,5,8-9,12-13H2,1H3,(H,23,24,26). The highest BCUT2D eigenvalue weighted by Crippen LogP contribution is 2.30. The van der Waals surface area contributed by atoms with Crippen LogP contribution in [-0.2, 0) is 16.0 Å². The molecule has 0 aliphatic carbocycles. The molecule has 1 aliphatic heterocycles. The molecule has 0 saturated carbocycles. The maximum Gasteiger partial charge on any atom is 0.227 e. The van der Waals surface area contributed by atoms with Crippen molar-refractivity contribution in [1.82, 2.24) is 4.98 Å². The van der Waals surface area contributed by atoms with E-state index in [-0.39, 0.29) is 11.8 Å². The van der Waals surface area contributed by atoms with Gasteiger partial charge in [-0.2, -0.15) is 0 Å². The minimum Gasteiger partial charge on any atom is -0.494 e. The van der Waals surface area contributed by atoms with Gasteiger partial charge in [-0.1, -0.05) is 29.5 Å². The van der Waals surface area contributed by atoms with Crippen molar-refractivity contribution in [2.45, 2.75) is 32.6 Å². The second kappa shape index (κ2) is 8.61. The van der Waals surface area contributed by atoms with E-state index in [1.54, 1.807) is 4.90 Å². The molecular weight excluding hydrogens is 386 g/mol. The summed E-state index contributed by atoms with van der Waals surface area (Å²) < 4.78 is 6.48. The number of hydrogen-bond donors (Lipinski definition) is 1. The Morgan fingerprint density at radius 3 is 2.97 bits per heavy atom. The van der Waals surface area contributed by atoms with E-state index in [1.807, 2.05) is 43.3 Å². The first-order valence-corrected chi connectivity index (χ1v) is 10.7. The van der Waals surface area contributed by atoms with E-state index in [9.17, 15) is 9.59 Å². The van der Waals surface area contributed by atoms with Gasteiger partial charge in [-0.15, -0.1) is 0 Å². The molecule has 4 rings (SSSR count). The van der Waals surface area contributed by atoms with Crippen molar-refractivity contribution in [3.63, 3.8) is 0 Å².